The Labute approximate surface area is 108 Å². The van der Waals surface area contributed by atoms with Crippen molar-refractivity contribution in [3.8, 4) is 0 Å². The predicted octanol–water partition coefficient (Wildman–Crippen LogP) is 1.44. The number of piperidine rings is 1. The van der Waals surface area contributed by atoms with E-state index in [1.54, 1.807) is 6.92 Å². The summed E-state index contributed by atoms with van der Waals surface area (Å²) in [5.41, 5.74) is 0. The maximum atomic E-state index is 11.6. The summed E-state index contributed by atoms with van der Waals surface area (Å²) in [6, 6.07) is 0. The highest BCUT2D eigenvalue weighted by Gasteiger charge is 2.21. The van der Waals surface area contributed by atoms with Crippen LogP contribution in [0.25, 0.3) is 0 Å². The van der Waals surface area contributed by atoms with Crippen molar-refractivity contribution in [2.45, 2.75) is 26.2 Å². The summed E-state index contributed by atoms with van der Waals surface area (Å²) in [6.45, 7) is 8.30. The second-order valence-corrected chi connectivity index (χ2v) is 4.42. The zero-order valence-corrected chi connectivity index (χ0v) is 11.1. The molecule has 1 N–H and O–H groups in total. The molecular formula is C13H23NO4. The minimum atomic E-state index is -0.0744. The van der Waals surface area contributed by atoms with Gasteiger partial charge >= 0.3 is 5.97 Å². The standard InChI is InChI=1S/C13H23NO4/c1-11(2)18-10-16-8-3-9-17-13(15)12-4-6-14-7-5-12/h12,14H,1,3-10H2,2H3. The van der Waals surface area contributed by atoms with Gasteiger partial charge in [0, 0.05) is 6.42 Å². The van der Waals surface area contributed by atoms with Crippen LogP contribution in [0.15, 0.2) is 12.3 Å². The monoisotopic (exact) mass is 257 g/mol. The van der Waals surface area contributed by atoms with Crippen LogP contribution in [-0.2, 0) is 19.0 Å². The molecule has 0 aromatic rings. The van der Waals surface area contributed by atoms with Crippen LogP contribution >= 0.6 is 0 Å². The number of carbonyl (C=O) groups excluding carboxylic acids is 1. The molecule has 0 bridgehead atoms. The molecule has 1 rings (SSSR count). The van der Waals surface area contributed by atoms with E-state index in [9.17, 15) is 4.79 Å². The SMILES string of the molecule is C=C(C)OCOCCCOC(=O)C1CCNCC1. The lowest BCUT2D eigenvalue weighted by atomic mass is 9.99. The Balaban J connectivity index is 1.93. The maximum absolute atomic E-state index is 11.6. The van der Waals surface area contributed by atoms with Gasteiger partial charge in [-0.1, -0.05) is 6.58 Å². The third kappa shape index (κ3) is 6.61. The highest BCUT2D eigenvalue weighted by molar-refractivity contribution is 5.72. The van der Waals surface area contributed by atoms with Crippen molar-refractivity contribution >= 4 is 5.97 Å². The summed E-state index contributed by atoms with van der Waals surface area (Å²) >= 11 is 0. The number of esters is 1. The van der Waals surface area contributed by atoms with Gasteiger partial charge in [0.05, 0.1) is 24.9 Å². The average Bonchev–Trinajstić information content (AvgIpc) is 2.38. The molecule has 0 spiro atoms. The van der Waals surface area contributed by atoms with E-state index < -0.39 is 0 Å². The first kappa shape index (κ1) is 15.0. The van der Waals surface area contributed by atoms with Gasteiger partial charge in [0.15, 0.2) is 6.79 Å². The Morgan fingerprint density at radius 2 is 2.00 bits per heavy atom. The van der Waals surface area contributed by atoms with Crippen LogP contribution in [-0.4, -0.2) is 39.1 Å². The summed E-state index contributed by atoms with van der Waals surface area (Å²) in [5, 5.41) is 3.22. The number of nitrogens with one attached hydrogen (secondary N) is 1. The van der Waals surface area contributed by atoms with Crippen LogP contribution < -0.4 is 5.32 Å². The van der Waals surface area contributed by atoms with E-state index in [4.69, 9.17) is 14.2 Å². The minimum Gasteiger partial charge on any atom is -0.473 e. The van der Waals surface area contributed by atoms with Gasteiger partial charge in [-0.25, -0.2) is 0 Å². The summed E-state index contributed by atoms with van der Waals surface area (Å²) in [7, 11) is 0. The Bertz CT molecular complexity index is 262. The van der Waals surface area contributed by atoms with Crippen molar-refractivity contribution in [1.29, 1.82) is 0 Å². The van der Waals surface area contributed by atoms with Crippen molar-refractivity contribution in [1.82, 2.24) is 5.32 Å². The second-order valence-electron chi connectivity index (χ2n) is 4.42. The average molecular weight is 257 g/mol. The Hall–Kier alpha value is -1.07. The number of hydrogen-bond acceptors (Lipinski definition) is 5. The molecule has 1 fully saturated rings. The molecule has 1 saturated heterocycles. The van der Waals surface area contributed by atoms with Crippen LogP contribution in [0, 0.1) is 5.92 Å². The van der Waals surface area contributed by atoms with E-state index in [1.807, 2.05) is 0 Å². The van der Waals surface area contributed by atoms with Crippen LogP contribution in [0.4, 0.5) is 0 Å². The number of hydrogen-bond donors (Lipinski definition) is 1. The first-order chi connectivity index (χ1) is 8.70. The van der Waals surface area contributed by atoms with Crippen LogP contribution in [0.3, 0.4) is 0 Å². The van der Waals surface area contributed by atoms with Crippen LogP contribution in [0.5, 0.6) is 0 Å². The molecular weight excluding hydrogens is 234 g/mol. The number of ether oxygens (including phenoxy) is 3. The highest BCUT2D eigenvalue weighted by atomic mass is 16.7. The van der Waals surface area contributed by atoms with Crippen molar-refractivity contribution in [2.75, 3.05) is 33.1 Å². The van der Waals surface area contributed by atoms with Crippen molar-refractivity contribution in [2.24, 2.45) is 5.92 Å². The number of allylic oxidation sites excluding steroid dienone is 1. The summed E-state index contributed by atoms with van der Waals surface area (Å²) < 4.78 is 15.4. The Kier molecular flexibility index (Phi) is 7.44. The molecule has 1 aliphatic heterocycles. The predicted molar refractivity (Wildman–Crippen MR) is 67.9 cm³/mol. The van der Waals surface area contributed by atoms with E-state index in [0.29, 0.717) is 25.4 Å². The van der Waals surface area contributed by atoms with Crippen molar-refractivity contribution in [3.63, 3.8) is 0 Å². The molecule has 1 heterocycles. The molecule has 0 atom stereocenters. The van der Waals surface area contributed by atoms with Gasteiger partial charge in [0.1, 0.15) is 0 Å². The topological polar surface area (TPSA) is 56.8 Å². The highest BCUT2D eigenvalue weighted by Crippen LogP contribution is 2.13. The van der Waals surface area contributed by atoms with Crippen molar-refractivity contribution < 1.29 is 19.0 Å². The zero-order chi connectivity index (χ0) is 13.2. The quantitative estimate of drug-likeness (QED) is 0.309. The normalized spacial score (nSPS) is 16.3. The van der Waals surface area contributed by atoms with Gasteiger partial charge in [-0.05, 0) is 32.9 Å². The van der Waals surface area contributed by atoms with E-state index in [0.717, 1.165) is 25.9 Å². The summed E-state index contributed by atoms with van der Waals surface area (Å²) in [5.74, 6) is 0.626. The third-order valence-corrected chi connectivity index (χ3v) is 2.74. The molecule has 0 aromatic heterocycles. The molecule has 0 amide bonds. The van der Waals surface area contributed by atoms with E-state index in [-0.39, 0.29) is 18.7 Å². The van der Waals surface area contributed by atoms with Gasteiger partial charge in [-0.15, -0.1) is 0 Å². The molecule has 1 aliphatic rings. The second kappa shape index (κ2) is 8.94. The zero-order valence-electron chi connectivity index (χ0n) is 11.1. The summed E-state index contributed by atoms with van der Waals surface area (Å²) in [4.78, 5) is 11.6. The van der Waals surface area contributed by atoms with Gasteiger partial charge in [-0.3, -0.25) is 4.79 Å². The lowest BCUT2D eigenvalue weighted by molar-refractivity contribution is -0.150. The first-order valence-electron chi connectivity index (χ1n) is 6.43. The van der Waals surface area contributed by atoms with Crippen LogP contribution in [0.1, 0.15) is 26.2 Å². The lowest BCUT2D eigenvalue weighted by Gasteiger charge is -2.20. The number of carbonyl (C=O) groups is 1. The third-order valence-electron chi connectivity index (χ3n) is 2.74. The molecule has 5 nitrogen and oxygen atoms in total. The summed E-state index contributed by atoms with van der Waals surface area (Å²) in [6.07, 6.45) is 2.44. The molecule has 0 aliphatic carbocycles. The van der Waals surface area contributed by atoms with E-state index in [2.05, 4.69) is 11.9 Å². The van der Waals surface area contributed by atoms with Gasteiger partial charge < -0.3 is 19.5 Å². The smallest absolute Gasteiger partial charge is 0.309 e. The van der Waals surface area contributed by atoms with E-state index >= 15 is 0 Å². The Morgan fingerprint density at radius 1 is 1.28 bits per heavy atom. The maximum Gasteiger partial charge on any atom is 0.309 e. The molecule has 0 unspecified atom stereocenters. The lowest BCUT2D eigenvalue weighted by Crippen LogP contribution is -2.32. The van der Waals surface area contributed by atoms with E-state index in [1.165, 1.54) is 0 Å². The largest absolute Gasteiger partial charge is 0.473 e. The molecule has 18 heavy (non-hydrogen) atoms. The fraction of sp³-hybridized carbons (Fsp3) is 0.769. The van der Waals surface area contributed by atoms with Crippen LogP contribution in [0.2, 0.25) is 0 Å². The van der Waals surface area contributed by atoms with Gasteiger partial charge in [0.25, 0.3) is 0 Å². The Morgan fingerprint density at radius 3 is 2.67 bits per heavy atom. The molecule has 5 heteroatoms. The minimum absolute atomic E-state index is 0.0684. The van der Waals surface area contributed by atoms with Gasteiger partial charge in [0.2, 0.25) is 0 Å². The molecule has 0 radical (unpaired) electrons. The first-order valence-corrected chi connectivity index (χ1v) is 6.43. The fourth-order valence-electron chi connectivity index (χ4n) is 1.71. The molecule has 0 aromatic carbocycles. The van der Waals surface area contributed by atoms with Gasteiger partial charge in [-0.2, -0.15) is 0 Å². The molecule has 104 valence electrons. The fourth-order valence-corrected chi connectivity index (χ4v) is 1.71. The number of rotatable bonds is 8. The molecule has 0 saturated carbocycles. The van der Waals surface area contributed by atoms with Crippen molar-refractivity contribution in [3.05, 3.63) is 12.3 Å².